The van der Waals surface area contributed by atoms with Gasteiger partial charge in [-0.1, -0.05) is 35.5 Å². The molecule has 0 aliphatic rings. The Morgan fingerprint density at radius 3 is 2.82 bits per heavy atom. The molecule has 1 aromatic heterocycles. The van der Waals surface area contributed by atoms with E-state index in [0.717, 1.165) is 5.56 Å². The summed E-state index contributed by atoms with van der Waals surface area (Å²) in [5.41, 5.74) is 3.49. The summed E-state index contributed by atoms with van der Waals surface area (Å²) >= 11 is 0. The van der Waals surface area contributed by atoms with Gasteiger partial charge in [0.2, 0.25) is 0 Å². The first kappa shape index (κ1) is 11.1. The number of carbonyl (C=O) groups excluding carboxylic acids is 1. The van der Waals surface area contributed by atoms with Crippen LogP contribution in [-0.2, 0) is 0 Å². The highest BCUT2D eigenvalue weighted by Gasteiger charge is 2.08. The van der Waals surface area contributed by atoms with Gasteiger partial charge in [-0.05, 0) is 12.5 Å². The first-order valence-corrected chi connectivity index (χ1v) is 5.07. The maximum Gasteiger partial charge on any atom is 0.293 e. The molecule has 0 aliphatic carbocycles. The molecule has 0 unspecified atom stereocenters. The summed E-state index contributed by atoms with van der Waals surface area (Å²) in [5, 5.41) is 7.40. The van der Waals surface area contributed by atoms with Crippen LogP contribution in [-0.4, -0.2) is 17.3 Å². The van der Waals surface area contributed by atoms with Crippen molar-refractivity contribution in [3.05, 3.63) is 53.4 Å². The zero-order chi connectivity index (χ0) is 12.1. The third kappa shape index (κ3) is 3.01. The van der Waals surface area contributed by atoms with Crippen LogP contribution < -0.4 is 5.43 Å². The summed E-state index contributed by atoms with van der Waals surface area (Å²) in [6.45, 7) is 1.72. The van der Waals surface area contributed by atoms with Gasteiger partial charge in [0.15, 0.2) is 5.69 Å². The second-order valence-electron chi connectivity index (χ2n) is 3.43. The van der Waals surface area contributed by atoms with Crippen molar-refractivity contribution in [3.63, 3.8) is 0 Å². The molecule has 1 amide bonds. The van der Waals surface area contributed by atoms with Crippen LogP contribution in [0.4, 0.5) is 0 Å². The summed E-state index contributed by atoms with van der Waals surface area (Å²) in [4.78, 5) is 11.5. The second-order valence-corrected chi connectivity index (χ2v) is 3.43. The fourth-order valence-electron chi connectivity index (χ4n) is 1.24. The van der Waals surface area contributed by atoms with Crippen LogP contribution in [0.3, 0.4) is 0 Å². The third-order valence-electron chi connectivity index (χ3n) is 2.04. The van der Waals surface area contributed by atoms with Crippen LogP contribution in [0.1, 0.15) is 21.8 Å². The van der Waals surface area contributed by atoms with Crippen molar-refractivity contribution in [2.75, 3.05) is 0 Å². The van der Waals surface area contributed by atoms with E-state index >= 15 is 0 Å². The van der Waals surface area contributed by atoms with Gasteiger partial charge >= 0.3 is 0 Å². The number of nitrogens with zero attached hydrogens (tertiary/aromatic N) is 2. The summed E-state index contributed by atoms with van der Waals surface area (Å²) < 4.78 is 4.79. The average Bonchev–Trinajstić information content (AvgIpc) is 2.77. The molecule has 0 spiro atoms. The predicted octanol–water partition coefficient (Wildman–Crippen LogP) is 1.75. The van der Waals surface area contributed by atoms with Crippen molar-refractivity contribution in [1.29, 1.82) is 0 Å². The number of carbonyl (C=O) groups is 1. The van der Waals surface area contributed by atoms with Crippen LogP contribution >= 0.6 is 0 Å². The van der Waals surface area contributed by atoms with Crippen LogP contribution in [0.2, 0.25) is 0 Å². The number of aryl methyl sites for hydroxylation is 1. The van der Waals surface area contributed by atoms with E-state index in [-0.39, 0.29) is 5.69 Å². The predicted molar refractivity (Wildman–Crippen MR) is 62.7 cm³/mol. The van der Waals surface area contributed by atoms with E-state index in [0.29, 0.717) is 5.76 Å². The molecule has 1 aromatic carbocycles. The minimum Gasteiger partial charge on any atom is -0.361 e. The summed E-state index contributed by atoms with van der Waals surface area (Å²) in [6, 6.07) is 11.0. The highest BCUT2D eigenvalue weighted by Crippen LogP contribution is 2.00. The maximum atomic E-state index is 11.5. The Balaban J connectivity index is 1.95. The van der Waals surface area contributed by atoms with Gasteiger partial charge in [0.25, 0.3) is 5.91 Å². The Hall–Kier alpha value is -2.43. The Bertz CT molecular complexity index is 532. The summed E-state index contributed by atoms with van der Waals surface area (Å²) in [5.74, 6) is 0.191. The molecule has 17 heavy (non-hydrogen) atoms. The van der Waals surface area contributed by atoms with Crippen LogP contribution in [0.5, 0.6) is 0 Å². The van der Waals surface area contributed by atoms with Crippen LogP contribution in [0, 0.1) is 6.92 Å². The van der Waals surface area contributed by atoms with Crippen LogP contribution in [0.25, 0.3) is 0 Å². The minimum absolute atomic E-state index is 0.215. The molecule has 0 saturated carbocycles. The molecule has 0 atom stereocenters. The number of amides is 1. The summed E-state index contributed by atoms with van der Waals surface area (Å²) in [7, 11) is 0. The number of hydrogen-bond donors (Lipinski definition) is 1. The fraction of sp³-hybridized carbons (Fsp3) is 0.0833. The van der Waals surface area contributed by atoms with E-state index in [9.17, 15) is 4.79 Å². The molecule has 86 valence electrons. The second kappa shape index (κ2) is 5.07. The molecular formula is C12H11N3O2. The van der Waals surface area contributed by atoms with Gasteiger partial charge in [0.05, 0.1) is 6.21 Å². The lowest BCUT2D eigenvalue weighted by Gasteiger charge is -1.94. The first-order chi connectivity index (χ1) is 8.25. The van der Waals surface area contributed by atoms with Gasteiger partial charge in [0.1, 0.15) is 5.76 Å². The molecule has 0 aliphatic heterocycles. The van der Waals surface area contributed by atoms with E-state index < -0.39 is 5.91 Å². The van der Waals surface area contributed by atoms with Crippen molar-refractivity contribution >= 4 is 12.1 Å². The van der Waals surface area contributed by atoms with Gasteiger partial charge < -0.3 is 4.52 Å². The molecule has 1 heterocycles. The van der Waals surface area contributed by atoms with E-state index in [1.807, 2.05) is 30.3 Å². The minimum atomic E-state index is -0.394. The van der Waals surface area contributed by atoms with Crippen molar-refractivity contribution in [1.82, 2.24) is 10.6 Å². The Labute approximate surface area is 98.1 Å². The molecule has 2 aromatic rings. The average molecular weight is 229 g/mol. The van der Waals surface area contributed by atoms with Gasteiger partial charge in [0, 0.05) is 6.07 Å². The van der Waals surface area contributed by atoms with E-state index in [4.69, 9.17) is 4.52 Å². The third-order valence-corrected chi connectivity index (χ3v) is 2.04. The Morgan fingerprint density at radius 1 is 1.41 bits per heavy atom. The normalized spacial score (nSPS) is 10.6. The highest BCUT2D eigenvalue weighted by atomic mass is 16.5. The lowest BCUT2D eigenvalue weighted by atomic mass is 10.2. The SMILES string of the molecule is Cc1cc(C(=O)NN=Cc2ccccc2)no1. The molecule has 2 rings (SSSR count). The zero-order valence-corrected chi connectivity index (χ0v) is 9.25. The molecule has 0 fully saturated rings. The van der Waals surface area contributed by atoms with Crippen molar-refractivity contribution in [2.45, 2.75) is 6.92 Å². The number of nitrogens with one attached hydrogen (secondary N) is 1. The van der Waals surface area contributed by atoms with Crippen molar-refractivity contribution in [2.24, 2.45) is 5.10 Å². The number of rotatable bonds is 3. The zero-order valence-electron chi connectivity index (χ0n) is 9.25. The fourth-order valence-corrected chi connectivity index (χ4v) is 1.24. The quantitative estimate of drug-likeness (QED) is 0.644. The molecule has 1 N–H and O–H groups in total. The monoisotopic (exact) mass is 229 g/mol. The van der Waals surface area contributed by atoms with Gasteiger partial charge in [-0.3, -0.25) is 4.79 Å². The number of aromatic nitrogens is 1. The molecule has 5 heteroatoms. The van der Waals surface area contributed by atoms with Gasteiger partial charge in [-0.25, -0.2) is 5.43 Å². The van der Waals surface area contributed by atoms with Crippen molar-refractivity contribution in [3.8, 4) is 0 Å². The molecular weight excluding hydrogens is 218 g/mol. The Kier molecular flexibility index (Phi) is 3.30. The van der Waals surface area contributed by atoms with E-state index in [1.165, 1.54) is 0 Å². The van der Waals surface area contributed by atoms with Gasteiger partial charge in [-0.2, -0.15) is 5.10 Å². The van der Waals surface area contributed by atoms with Crippen molar-refractivity contribution < 1.29 is 9.32 Å². The Morgan fingerprint density at radius 2 is 2.18 bits per heavy atom. The maximum absolute atomic E-state index is 11.5. The lowest BCUT2D eigenvalue weighted by Crippen LogP contribution is -2.17. The van der Waals surface area contributed by atoms with Crippen LogP contribution in [0.15, 0.2) is 46.0 Å². The van der Waals surface area contributed by atoms with E-state index in [1.54, 1.807) is 19.2 Å². The molecule has 5 nitrogen and oxygen atoms in total. The van der Waals surface area contributed by atoms with Gasteiger partial charge in [-0.15, -0.1) is 0 Å². The lowest BCUT2D eigenvalue weighted by molar-refractivity contribution is 0.0946. The largest absolute Gasteiger partial charge is 0.361 e. The number of hydrogen-bond acceptors (Lipinski definition) is 4. The first-order valence-electron chi connectivity index (χ1n) is 5.07. The molecule has 0 radical (unpaired) electrons. The number of benzene rings is 1. The molecule has 0 bridgehead atoms. The summed E-state index contributed by atoms with van der Waals surface area (Å²) in [6.07, 6.45) is 1.56. The van der Waals surface area contributed by atoms with E-state index in [2.05, 4.69) is 15.7 Å². The highest BCUT2D eigenvalue weighted by molar-refractivity contribution is 5.93. The number of hydrazone groups is 1. The smallest absolute Gasteiger partial charge is 0.293 e. The molecule has 0 saturated heterocycles. The topological polar surface area (TPSA) is 67.5 Å². The standard InChI is InChI=1S/C12H11N3O2/c1-9-7-11(15-17-9)12(16)14-13-8-10-5-3-2-4-6-10/h2-8H,1H3,(H,14,16).